The highest BCUT2D eigenvalue weighted by Crippen LogP contribution is 2.26. The van der Waals surface area contributed by atoms with E-state index in [0.717, 1.165) is 0 Å². The van der Waals surface area contributed by atoms with Crippen LogP contribution in [0.15, 0.2) is 21.3 Å². The Morgan fingerprint density at radius 2 is 2.20 bits per heavy atom. The van der Waals surface area contributed by atoms with Crippen LogP contribution in [0.1, 0.15) is 13.8 Å². The van der Waals surface area contributed by atoms with Gasteiger partial charge in [0.1, 0.15) is 0 Å². The summed E-state index contributed by atoms with van der Waals surface area (Å²) in [6.45, 7) is 3.97. The maximum absolute atomic E-state index is 11.7. The van der Waals surface area contributed by atoms with Crippen molar-refractivity contribution < 1.29 is 9.21 Å². The normalized spacial score (nSPS) is 11.0. The van der Waals surface area contributed by atoms with Gasteiger partial charge in [0.15, 0.2) is 5.58 Å². The van der Waals surface area contributed by atoms with Crippen LogP contribution in [0.2, 0.25) is 0 Å². The summed E-state index contributed by atoms with van der Waals surface area (Å²) < 4.78 is 4.93. The number of oxazole rings is 1. The van der Waals surface area contributed by atoms with Crippen LogP contribution in [0, 0.1) is 0 Å². The molecule has 0 radical (unpaired) electrons. The van der Waals surface area contributed by atoms with Crippen LogP contribution >= 0.6 is 0 Å². The van der Waals surface area contributed by atoms with Crippen molar-refractivity contribution in [2.75, 3.05) is 24.2 Å². The van der Waals surface area contributed by atoms with Gasteiger partial charge in [-0.1, -0.05) is 0 Å². The fourth-order valence-corrected chi connectivity index (χ4v) is 2.00. The number of nitrogens with zero attached hydrogens (tertiary/aromatic N) is 1. The van der Waals surface area contributed by atoms with Gasteiger partial charge in [0.25, 0.3) is 0 Å². The maximum atomic E-state index is 11.7. The van der Waals surface area contributed by atoms with Crippen LogP contribution < -0.4 is 21.7 Å². The van der Waals surface area contributed by atoms with E-state index in [0.29, 0.717) is 22.5 Å². The zero-order valence-corrected chi connectivity index (χ0v) is 11.7. The largest absolute Gasteiger partial charge is 0.417 e. The van der Waals surface area contributed by atoms with E-state index in [1.165, 1.54) is 0 Å². The third-order valence-corrected chi connectivity index (χ3v) is 2.81. The molecule has 0 spiro atoms. The first-order valence-corrected chi connectivity index (χ1v) is 6.29. The molecule has 0 fully saturated rings. The van der Waals surface area contributed by atoms with Crippen LogP contribution in [0.25, 0.3) is 11.1 Å². The van der Waals surface area contributed by atoms with Gasteiger partial charge in [-0.2, -0.15) is 0 Å². The second kappa shape index (κ2) is 5.28. The molecule has 1 aromatic heterocycles. The first-order valence-electron chi connectivity index (χ1n) is 6.29. The van der Waals surface area contributed by atoms with Gasteiger partial charge in [0.2, 0.25) is 5.91 Å². The second-order valence-corrected chi connectivity index (χ2v) is 5.00. The number of nitrogens with one attached hydrogen (secondary N) is 2. The molecule has 2 aromatic rings. The molecule has 7 nitrogen and oxygen atoms in total. The van der Waals surface area contributed by atoms with Gasteiger partial charge in [0, 0.05) is 19.2 Å². The Balaban J connectivity index is 2.25. The van der Waals surface area contributed by atoms with Crippen molar-refractivity contribution in [1.29, 1.82) is 0 Å². The van der Waals surface area contributed by atoms with Crippen molar-refractivity contribution >= 4 is 28.4 Å². The summed E-state index contributed by atoms with van der Waals surface area (Å²) in [5.41, 5.74) is 7.98. The Hall–Kier alpha value is -2.44. The highest BCUT2D eigenvalue weighted by Gasteiger charge is 2.13. The second-order valence-electron chi connectivity index (χ2n) is 5.00. The van der Waals surface area contributed by atoms with E-state index in [2.05, 4.69) is 10.3 Å². The van der Waals surface area contributed by atoms with E-state index < -0.39 is 5.76 Å². The van der Waals surface area contributed by atoms with Gasteiger partial charge < -0.3 is 20.4 Å². The molecule has 20 heavy (non-hydrogen) atoms. The summed E-state index contributed by atoms with van der Waals surface area (Å²) in [7, 11) is 1.76. The maximum Gasteiger partial charge on any atom is 0.417 e. The van der Waals surface area contributed by atoms with Crippen LogP contribution in [0.3, 0.4) is 0 Å². The zero-order chi connectivity index (χ0) is 14.9. The van der Waals surface area contributed by atoms with Crippen molar-refractivity contribution in [1.82, 2.24) is 10.3 Å². The van der Waals surface area contributed by atoms with Crippen molar-refractivity contribution in [3.05, 3.63) is 22.7 Å². The monoisotopic (exact) mass is 278 g/mol. The number of aromatic nitrogens is 1. The summed E-state index contributed by atoms with van der Waals surface area (Å²) in [5, 5.41) is 2.81. The minimum absolute atomic E-state index is 0.0842. The fraction of sp³-hybridized carbons (Fsp3) is 0.385. The summed E-state index contributed by atoms with van der Waals surface area (Å²) in [6, 6.07) is 3.35. The molecular formula is C13H18N4O3. The third kappa shape index (κ3) is 2.93. The summed E-state index contributed by atoms with van der Waals surface area (Å²) in [5.74, 6) is -0.626. The number of carbonyl (C=O) groups excluding carboxylic acids is 1. The lowest BCUT2D eigenvalue weighted by Gasteiger charge is -2.21. The predicted molar refractivity (Wildman–Crippen MR) is 77.8 cm³/mol. The van der Waals surface area contributed by atoms with Crippen LogP contribution in [-0.4, -0.2) is 30.5 Å². The molecule has 108 valence electrons. The Morgan fingerprint density at radius 3 is 2.85 bits per heavy atom. The molecular weight excluding hydrogens is 260 g/mol. The van der Waals surface area contributed by atoms with Crippen LogP contribution in [-0.2, 0) is 4.79 Å². The molecule has 0 atom stereocenters. The van der Waals surface area contributed by atoms with Gasteiger partial charge in [-0.15, -0.1) is 0 Å². The number of amides is 1. The zero-order valence-electron chi connectivity index (χ0n) is 11.7. The average molecular weight is 278 g/mol. The van der Waals surface area contributed by atoms with Gasteiger partial charge in [-0.3, -0.25) is 9.78 Å². The van der Waals surface area contributed by atoms with E-state index in [1.54, 1.807) is 24.1 Å². The number of H-pyrrole nitrogens is 1. The first kappa shape index (κ1) is 14.0. The van der Waals surface area contributed by atoms with Crippen molar-refractivity contribution in [3.63, 3.8) is 0 Å². The predicted octanol–water partition coefficient (Wildman–Crippen LogP) is 0.664. The Morgan fingerprint density at radius 1 is 1.50 bits per heavy atom. The van der Waals surface area contributed by atoms with E-state index in [-0.39, 0.29) is 18.5 Å². The number of hydrogen-bond donors (Lipinski definition) is 3. The SMILES string of the molecule is CC(C)NC(=O)CN(C)c1cc2[nH]c(=O)oc2cc1N. The van der Waals surface area contributed by atoms with E-state index in [4.69, 9.17) is 10.2 Å². The van der Waals surface area contributed by atoms with Crippen LogP contribution in [0.5, 0.6) is 0 Å². The van der Waals surface area contributed by atoms with Gasteiger partial charge in [-0.25, -0.2) is 4.79 Å². The Bertz CT molecular complexity index is 686. The molecule has 0 saturated carbocycles. The molecule has 0 unspecified atom stereocenters. The molecule has 1 aromatic carbocycles. The summed E-state index contributed by atoms with van der Waals surface area (Å²) in [6.07, 6.45) is 0. The lowest BCUT2D eigenvalue weighted by atomic mass is 10.2. The van der Waals surface area contributed by atoms with Gasteiger partial charge in [-0.05, 0) is 19.9 Å². The van der Waals surface area contributed by atoms with Gasteiger partial charge in [0.05, 0.1) is 23.4 Å². The smallest absolute Gasteiger partial charge is 0.408 e. The van der Waals surface area contributed by atoms with Crippen molar-refractivity contribution in [2.24, 2.45) is 0 Å². The molecule has 0 aliphatic rings. The van der Waals surface area contributed by atoms with Crippen molar-refractivity contribution in [2.45, 2.75) is 19.9 Å². The average Bonchev–Trinajstić information content (AvgIpc) is 2.65. The number of benzene rings is 1. The molecule has 7 heteroatoms. The minimum atomic E-state index is -0.531. The number of likely N-dealkylation sites (N-methyl/N-ethyl adjacent to an activating group) is 1. The minimum Gasteiger partial charge on any atom is -0.408 e. The molecule has 0 aliphatic heterocycles. The highest BCUT2D eigenvalue weighted by atomic mass is 16.4. The van der Waals surface area contributed by atoms with Crippen LogP contribution in [0.4, 0.5) is 11.4 Å². The fourth-order valence-electron chi connectivity index (χ4n) is 2.00. The molecule has 1 heterocycles. The number of rotatable bonds is 4. The molecule has 0 bridgehead atoms. The van der Waals surface area contributed by atoms with Crippen molar-refractivity contribution in [3.8, 4) is 0 Å². The van der Waals surface area contributed by atoms with E-state index in [9.17, 15) is 9.59 Å². The number of nitrogens with two attached hydrogens (primary N) is 1. The third-order valence-electron chi connectivity index (χ3n) is 2.81. The Labute approximate surface area is 115 Å². The summed E-state index contributed by atoms with van der Waals surface area (Å²) in [4.78, 5) is 27.2. The number of carbonyl (C=O) groups is 1. The molecule has 0 aliphatic carbocycles. The first-order chi connectivity index (χ1) is 9.36. The molecule has 2 rings (SSSR count). The lowest BCUT2D eigenvalue weighted by Crippen LogP contribution is -2.38. The quantitative estimate of drug-likeness (QED) is 0.713. The molecule has 0 saturated heterocycles. The number of nitrogen functional groups attached to an aromatic ring is 1. The Kier molecular flexibility index (Phi) is 3.69. The molecule has 1 amide bonds. The van der Waals surface area contributed by atoms with E-state index >= 15 is 0 Å². The lowest BCUT2D eigenvalue weighted by molar-refractivity contribution is -0.120. The number of fused-ring (bicyclic) bond motifs is 1. The number of hydrogen-bond acceptors (Lipinski definition) is 5. The standard InChI is InChI=1S/C13H18N4O3/c1-7(2)15-12(18)6-17(3)10-5-9-11(4-8(10)14)20-13(19)16-9/h4-5,7H,6,14H2,1-3H3,(H,15,18)(H,16,19). The summed E-state index contributed by atoms with van der Waals surface area (Å²) >= 11 is 0. The van der Waals surface area contributed by atoms with Gasteiger partial charge >= 0.3 is 5.76 Å². The van der Waals surface area contributed by atoms with E-state index in [1.807, 2.05) is 13.8 Å². The number of anilines is 2. The topological polar surface area (TPSA) is 104 Å². The molecule has 4 N–H and O–H groups in total. The highest BCUT2D eigenvalue weighted by molar-refractivity contribution is 5.88. The number of aromatic amines is 1.